The minimum absolute atomic E-state index is 0.0417. The van der Waals surface area contributed by atoms with E-state index in [0.717, 1.165) is 11.4 Å². The lowest BCUT2D eigenvalue weighted by Crippen LogP contribution is -2.28. The number of para-hydroxylation sites is 1. The number of ether oxygens (including phenoxy) is 1. The number of benzene rings is 2. The van der Waals surface area contributed by atoms with Crippen molar-refractivity contribution in [3.05, 3.63) is 59.6 Å². The number of carbonyl (C=O) groups is 3. The molecule has 0 spiro atoms. The summed E-state index contributed by atoms with van der Waals surface area (Å²) >= 11 is 1.27. The molecule has 9 nitrogen and oxygen atoms in total. The summed E-state index contributed by atoms with van der Waals surface area (Å²) in [4.78, 5) is 41.2. The zero-order chi connectivity index (χ0) is 23.7. The lowest BCUT2D eigenvalue weighted by atomic mass is 10.1. The van der Waals surface area contributed by atoms with Gasteiger partial charge in [0.25, 0.3) is 0 Å². The van der Waals surface area contributed by atoms with E-state index >= 15 is 0 Å². The van der Waals surface area contributed by atoms with Gasteiger partial charge in [0.15, 0.2) is 0 Å². The van der Waals surface area contributed by atoms with Gasteiger partial charge in [-0.1, -0.05) is 29.5 Å². The molecule has 3 amide bonds. The Bertz CT molecular complexity index is 1210. The van der Waals surface area contributed by atoms with E-state index in [-0.39, 0.29) is 30.1 Å². The molecule has 1 aromatic heterocycles. The van der Waals surface area contributed by atoms with Crippen molar-refractivity contribution in [2.75, 3.05) is 35.3 Å². The first-order valence-corrected chi connectivity index (χ1v) is 11.8. The van der Waals surface area contributed by atoms with E-state index in [2.05, 4.69) is 15.5 Å². The average molecular weight is 478 g/mol. The first-order valence-electron chi connectivity index (χ1n) is 11.0. The second kappa shape index (κ2) is 9.22. The number of rotatable bonds is 6. The normalized spacial score (nSPS) is 20.1. The maximum absolute atomic E-state index is 12.8. The topological polar surface area (TPSA) is 105 Å². The molecule has 2 aromatic carbocycles. The van der Waals surface area contributed by atoms with Gasteiger partial charge in [0.05, 0.1) is 13.0 Å². The molecule has 1 N–H and O–H groups in total. The average Bonchev–Trinajstić information content (AvgIpc) is 3.58. The van der Waals surface area contributed by atoms with Crippen LogP contribution in [0.4, 0.5) is 16.5 Å². The van der Waals surface area contributed by atoms with Crippen molar-refractivity contribution in [1.29, 1.82) is 0 Å². The molecular weight excluding hydrogens is 454 g/mol. The quantitative estimate of drug-likeness (QED) is 0.585. The van der Waals surface area contributed by atoms with Crippen molar-refractivity contribution in [2.24, 2.45) is 5.92 Å². The van der Waals surface area contributed by atoms with Crippen LogP contribution in [0.25, 0.3) is 0 Å². The molecular formula is C24H23N5O4S. The Morgan fingerprint density at radius 3 is 2.35 bits per heavy atom. The zero-order valence-electron chi connectivity index (χ0n) is 18.5. The molecule has 0 radical (unpaired) electrons. The first kappa shape index (κ1) is 22.0. The molecule has 2 unspecified atom stereocenters. The highest BCUT2D eigenvalue weighted by molar-refractivity contribution is 7.15. The van der Waals surface area contributed by atoms with Crippen molar-refractivity contribution >= 4 is 45.6 Å². The van der Waals surface area contributed by atoms with Gasteiger partial charge in [0, 0.05) is 43.2 Å². The number of aromatic nitrogens is 2. The largest absolute Gasteiger partial charge is 0.497 e. The van der Waals surface area contributed by atoms with Gasteiger partial charge in [-0.3, -0.25) is 14.4 Å². The van der Waals surface area contributed by atoms with Crippen LogP contribution in [-0.4, -0.2) is 48.1 Å². The number of nitrogens with zero attached hydrogens (tertiary/aromatic N) is 4. The number of anilines is 3. The highest BCUT2D eigenvalue weighted by Gasteiger charge is 2.36. The molecule has 2 atom stereocenters. The zero-order valence-corrected chi connectivity index (χ0v) is 19.3. The van der Waals surface area contributed by atoms with Gasteiger partial charge < -0.3 is 19.9 Å². The van der Waals surface area contributed by atoms with Crippen LogP contribution in [0.3, 0.4) is 0 Å². The van der Waals surface area contributed by atoms with Crippen LogP contribution in [0.1, 0.15) is 23.8 Å². The third kappa shape index (κ3) is 4.36. The molecule has 0 aliphatic carbocycles. The smallest absolute Gasteiger partial charge is 0.231 e. The third-order valence-electron chi connectivity index (χ3n) is 6.09. The monoisotopic (exact) mass is 477 g/mol. The molecule has 34 heavy (non-hydrogen) atoms. The highest BCUT2D eigenvalue weighted by Crippen LogP contribution is 2.34. The maximum Gasteiger partial charge on any atom is 0.231 e. The summed E-state index contributed by atoms with van der Waals surface area (Å²) in [6, 6.07) is 16.7. The Morgan fingerprint density at radius 2 is 1.62 bits per heavy atom. The minimum Gasteiger partial charge on any atom is -0.497 e. The molecule has 2 aliphatic heterocycles. The van der Waals surface area contributed by atoms with Gasteiger partial charge in [-0.2, -0.15) is 0 Å². The van der Waals surface area contributed by atoms with Crippen molar-refractivity contribution in [3.63, 3.8) is 0 Å². The van der Waals surface area contributed by atoms with Gasteiger partial charge in [0.1, 0.15) is 10.8 Å². The molecule has 3 aromatic rings. The van der Waals surface area contributed by atoms with E-state index in [0.29, 0.717) is 35.4 Å². The summed E-state index contributed by atoms with van der Waals surface area (Å²) in [6.07, 6.45) is 0.484. The van der Waals surface area contributed by atoms with Crippen molar-refractivity contribution in [3.8, 4) is 5.75 Å². The summed E-state index contributed by atoms with van der Waals surface area (Å²) < 4.78 is 5.16. The molecule has 3 heterocycles. The van der Waals surface area contributed by atoms with Gasteiger partial charge in [-0.05, 0) is 36.4 Å². The van der Waals surface area contributed by atoms with E-state index in [9.17, 15) is 14.4 Å². The summed E-state index contributed by atoms with van der Waals surface area (Å²) in [5.41, 5.74) is 1.59. The fourth-order valence-corrected chi connectivity index (χ4v) is 5.12. The van der Waals surface area contributed by atoms with Crippen LogP contribution in [0.2, 0.25) is 0 Å². The van der Waals surface area contributed by atoms with Crippen LogP contribution < -0.4 is 19.9 Å². The Balaban J connectivity index is 1.21. The molecule has 2 saturated heterocycles. The fourth-order valence-electron chi connectivity index (χ4n) is 4.28. The Morgan fingerprint density at radius 1 is 0.941 bits per heavy atom. The lowest BCUT2D eigenvalue weighted by Gasteiger charge is -2.16. The van der Waals surface area contributed by atoms with Crippen LogP contribution >= 0.6 is 11.3 Å². The number of amides is 3. The first-order chi connectivity index (χ1) is 16.5. The van der Waals surface area contributed by atoms with E-state index in [1.54, 1.807) is 41.2 Å². The van der Waals surface area contributed by atoms with Crippen molar-refractivity contribution < 1.29 is 19.1 Å². The minimum atomic E-state index is -0.483. The summed E-state index contributed by atoms with van der Waals surface area (Å²) in [5.74, 6) is -0.181. The summed E-state index contributed by atoms with van der Waals surface area (Å²) in [7, 11) is 1.58. The SMILES string of the molecule is COc1ccc(N2CC(C(=O)Nc3nnc(C4CC(=O)N(c5ccccc5)C4)s3)CC2=O)cc1. The second-order valence-corrected chi connectivity index (χ2v) is 9.29. The van der Waals surface area contributed by atoms with Crippen LogP contribution in [0.5, 0.6) is 5.75 Å². The standard InChI is InChI=1S/C24H23N5O4S/c1-33-19-9-7-18(8-10-19)28-13-15(11-20(28)30)22(32)25-24-27-26-23(34-24)16-12-21(31)29(14-16)17-5-3-2-4-6-17/h2-10,15-16H,11-14H2,1H3,(H,25,27,32). The molecule has 10 heteroatoms. The Hall–Kier alpha value is -3.79. The number of hydrogen-bond donors (Lipinski definition) is 1. The van der Waals surface area contributed by atoms with Gasteiger partial charge in [-0.15, -0.1) is 10.2 Å². The molecule has 5 rings (SSSR count). The van der Waals surface area contributed by atoms with Crippen molar-refractivity contribution in [2.45, 2.75) is 18.8 Å². The van der Waals surface area contributed by atoms with E-state index in [1.165, 1.54) is 11.3 Å². The van der Waals surface area contributed by atoms with Crippen LogP contribution in [0, 0.1) is 5.92 Å². The molecule has 2 aliphatic rings. The van der Waals surface area contributed by atoms with Gasteiger partial charge >= 0.3 is 0 Å². The van der Waals surface area contributed by atoms with E-state index in [4.69, 9.17) is 4.74 Å². The highest BCUT2D eigenvalue weighted by atomic mass is 32.1. The predicted octanol–water partition coefficient (Wildman–Crippen LogP) is 3.06. The maximum atomic E-state index is 12.8. The molecule has 0 bridgehead atoms. The summed E-state index contributed by atoms with van der Waals surface area (Å²) in [5, 5.41) is 12.2. The molecule has 0 saturated carbocycles. The Kier molecular flexibility index (Phi) is 5.97. The predicted molar refractivity (Wildman–Crippen MR) is 128 cm³/mol. The van der Waals surface area contributed by atoms with E-state index in [1.807, 2.05) is 30.3 Å². The number of hydrogen-bond acceptors (Lipinski definition) is 7. The molecule has 174 valence electrons. The molecule has 2 fully saturated rings. The van der Waals surface area contributed by atoms with Gasteiger partial charge in [0.2, 0.25) is 22.9 Å². The number of methoxy groups -OCH3 is 1. The number of nitrogens with one attached hydrogen (secondary N) is 1. The van der Waals surface area contributed by atoms with Crippen LogP contribution in [0.15, 0.2) is 54.6 Å². The number of carbonyl (C=O) groups excluding carboxylic acids is 3. The van der Waals surface area contributed by atoms with E-state index < -0.39 is 5.92 Å². The Labute approximate surface area is 200 Å². The van der Waals surface area contributed by atoms with Crippen molar-refractivity contribution in [1.82, 2.24) is 10.2 Å². The summed E-state index contributed by atoms with van der Waals surface area (Å²) in [6.45, 7) is 0.825. The van der Waals surface area contributed by atoms with Gasteiger partial charge in [-0.25, -0.2) is 0 Å². The second-order valence-electron chi connectivity index (χ2n) is 8.28. The van der Waals surface area contributed by atoms with Crippen LogP contribution in [-0.2, 0) is 14.4 Å². The fraction of sp³-hybridized carbons (Fsp3) is 0.292. The lowest BCUT2D eigenvalue weighted by molar-refractivity contribution is -0.122. The third-order valence-corrected chi connectivity index (χ3v) is 7.09.